The van der Waals surface area contributed by atoms with Gasteiger partial charge in [0.1, 0.15) is 5.82 Å². The number of anilines is 4. The third-order valence-electron chi connectivity index (χ3n) is 5.47. The molecule has 4 N–H and O–H groups in total. The summed E-state index contributed by atoms with van der Waals surface area (Å²) in [5.74, 6) is 1.72. The summed E-state index contributed by atoms with van der Waals surface area (Å²) < 4.78 is 0. The van der Waals surface area contributed by atoms with Gasteiger partial charge in [-0.05, 0) is 63.8 Å². The number of nitrogens with two attached hydrogens (primary N) is 1. The fourth-order valence-electron chi connectivity index (χ4n) is 4.11. The van der Waals surface area contributed by atoms with Crippen LogP contribution in [0.3, 0.4) is 0 Å². The molecule has 1 aliphatic carbocycles. The Morgan fingerprint density at radius 2 is 1.90 bits per heavy atom. The van der Waals surface area contributed by atoms with Crippen LogP contribution in [0.2, 0.25) is 5.02 Å². The number of nitrogens with one attached hydrogen (secondary N) is 2. The summed E-state index contributed by atoms with van der Waals surface area (Å²) in [6, 6.07) is 5.94. The largest absolute Gasteiger partial charge is 0.399 e. The lowest BCUT2D eigenvalue weighted by Gasteiger charge is -2.35. The predicted molar refractivity (Wildman–Crippen MR) is 127 cm³/mol. The molecule has 4 rings (SSSR count). The molecule has 1 fully saturated rings. The Balaban J connectivity index is 0.00000150. The standard InChI is InChI=1S/C20H27ClN6.2ClH/c1-23-15-5-4-8-27(12-15)19-17-6-2-3-7-18(17)25-20(26-19)24-16-10-13(21)9-14(22)11-16;;/h9-11,15,23H,2-8,12,22H2,1H3,(H,24,25,26);2*1H/t15-;;/m1../s1. The molecule has 6 nitrogen and oxygen atoms in total. The monoisotopic (exact) mass is 458 g/mol. The van der Waals surface area contributed by atoms with Gasteiger partial charge in [0.25, 0.3) is 0 Å². The molecule has 1 aromatic carbocycles. The van der Waals surface area contributed by atoms with E-state index in [0.717, 1.165) is 37.4 Å². The number of aromatic nitrogens is 2. The summed E-state index contributed by atoms with van der Waals surface area (Å²) in [6.07, 6.45) is 6.87. The van der Waals surface area contributed by atoms with Gasteiger partial charge in [-0.25, -0.2) is 4.98 Å². The number of nitrogens with zero attached hydrogens (tertiary/aromatic N) is 3. The van der Waals surface area contributed by atoms with Crippen LogP contribution in [-0.4, -0.2) is 36.1 Å². The van der Waals surface area contributed by atoms with Gasteiger partial charge < -0.3 is 21.3 Å². The lowest BCUT2D eigenvalue weighted by Crippen LogP contribution is -2.45. The summed E-state index contributed by atoms with van der Waals surface area (Å²) in [7, 11) is 2.04. The van der Waals surface area contributed by atoms with Crippen molar-refractivity contribution in [2.45, 2.75) is 44.6 Å². The Hall–Kier alpha value is -1.47. The molecule has 2 heterocycles. The molecule has 160 valence electrons. The van der Waals surface area contributed by atoms with Crippen molar-refractivity contribution in [3.05, 3.63) is 34.5 Å². The summed E-state index contributed by atoms with van der Waals surface area (Å²) in [5, 5.41) is 7.33. The van der Waals surface area contributed by atoms with E-state index < -0.39 is 0 Å². The second kappa shape index (κ2) is 10.5. The molecule has 0 saturated carbocycles. The van der Waals surface area contributed by atoms with Crippen LogP contribution in [0.1, 0.15) is 36.9 Å². The maximum Gasteiger partial charge on any atom is 0.229 e. The molecule has 2 aromatic rings. The minimum absolute atomic E-state index is 0. The highest BCUT2D eigenvalue weighted by atomic mass is 35.5. The predicted octanol–water partition coefficient (Wildman–Crippen LogP) is 4.37. The molecule has 1 aromatic heterocycles. The lowest BCUT2D eigenvalue weighted by atomic mass is 9.95. The molecule has 1 saturated heterocycles. The van der Waals surface area contributed by atoms with Crippen LogP contribution in [0.15, 0.2) is 18.2 Å². The molecule has 0 unspecified atom stereocenters. The van der Waals surface area contributed by atoms with E-state index in [1.54, 1.807) is 6.07 Å². The van der Waals surface area contributed by atoms with E-state index in [4.69, 9.17) is 27.3 Å². The van der Waals surface area contributed by atoms with Crippen molar-refractivity contribution in [2.24, 2.45) is 0 Å². The van der Waals surface area contributed by atoms with Crippen LogP contribution in [0.4, 0.5) is 23.1 Å². The van der Waals surface area contributed by atoms with Gasteiger partial charge in [0.2, 0.25) is 5.95 Å². The maximum absolute atomic E-state index is 6.14. The molecule has 0 amide bonds. The van der Waals surface area contributed by atoms with Crippen LogP contribution in [0.25, 0.3) is 0 Å². The summed E-state index contributed by atoms with van der Waals surface area (Å²) in [4.78, 5) is 12.2. The van der Waals surface area contributed by atoms with E-state index in [2.05, 4.69) is 15.5 Å². The second-order valence-corrected chi connectivity index (χ2v) is 7.91. The summed E-state index contributed by atoms with van der Waals surface area (Å²) in [5.41, 5.74) is 9.86. The number of hydrogen-bond acceptors (Lipinski definition) is 6. The molecular formula is C20H29Cl3N6. The fraction of sp³-hybridized carbons (Fsp3) is 0.500. The van der Waals surface area contributed by atoms with Crippen molar-refractivity contribution in [3.8, 4) is 0 Å². The number of piperidine rings is 1. The van der Waals surface area contributed by atoms with Crippen LogP contribution in [-0.2, 0) is 12.8 Å². The van der Waals surface area contributed by atoms with Gasteiger partial charge in [-0.2, -0.15) is 4.98 Å². The number of rotatable bonds is 4. The average Bonchev–Trinajstić information content (AvgIpc) is 2.66. The number of nitrogen functional groups attached to an aromatic ring is 1. The molecule has 0 radical (unpaired) electrons. The normalized spacial score (nSPS) is 18.3. The molecule has 0 bridgehead atoms. The molecule has 1 aliphatic heterocycles. The molecular weight excluding hydrogens is 431 g/mol. The van der Waals surface area contributed by atoms with Crippen LogP contribution in [0.5, 0.6) is 0 Å². The van der Waals surface area contributed by atoms with Gasteiger partial charge in [-0.1, -0.05) is 11.6 Å². The topological polar surface area (TPSA) is 79.1 Å². The van der Waals surface area contributed by atoms with Crippen molar-refractivity contribution < 1.29 is 0 Å². The van der Waals surface area contributed by atoms with E-state index in [0.29, 0.717) is 22.7 Å². The van der Waals surface area contributed by atoms with Crippen LogP contribution in [0, 0.1) is 0 Å². The third-order valence-corrected chi connectivity index (χ3v) is 5.68. The first-order valence-corrected chi connectivity index (χ1v) is 10.2. The minimum atomic E-state index is 0. The molecule has 0 spiro atoms. The van der Waals surface area contributed by atoms with E-state index >= 15 is 0 Å². The van der Waals surface area contributed by atoms with Crippen LogP contribution >= 0.6 is 36.4 Å². The zero-order valence-corrected chi connectivity index (χ0v) is 19.0. The first-order chi connectivity index (χ1) is 13.1. The SMILES string of the molecule is CN[C@@H]1CCCN(c2nc(Nc3cc(N)cc(Cl)c3)nc3c2CCCC3)C1.Cl.Cl. The quantitative estimate of drug-likeness (QED) is 0.589. The number of benzene rings is 1. The maximum atomic E-state index is 6.14. The van der Waals surface area contributed by atoms with Crippen molar-refractivity contribution in [1.29, 1.82) is 0 Å². The Morgan fingerprint density at radius 1 is 1.10 bits per heavy atom. The lowest BCUT2D eigenvalue weighted by molar-refractivity contribution is 0.446. The highest BCUT2D eigenvalue weighted by Crippen LogP contribution is 2.32. The number of fused-ring (bicyclic) bond motifs is 1. The number of aryl methyl sites for hydroxylation is 1. The average molecular weight is 460 g/mol. The van der Waals surface area contributed by atoms with E-state index in [9.17, 15) is 0 Å². The van der Waals surface area contributed by atoms with Gasteiger partial charge in [-0.15, -0.1) is 24.8 Å². The van der Waals surface area contributed by atoms with Crippen molar-refractivity contribution in [3.63, 3.8) is 0 Å². The number of likely N-dealkylation sites (N-methyl/N-ethyl adjacent to an activating group) is 1. The highest BCUT2D eigenvalue weighted by Gasteiger charge is 2.25. The molecule has 29 heavy (non-hydrogen) atoms. The Kier molecular flexibility index (Phi) is 8.64. The number of hydrogen-bond donors (Lipinski definition) is 3. The number of halogens is 3. The van der Waals surface area contributed by atoms with E-state index in [1.165, 1.54) is 36.9 Å². The van der Waals surface area contributed by atoms with Gasteiger partial charge in [0, 0.05) is 41.1 Å². The van der Waals surface area contributed by atoms with Crippen molar-refractivity contribution in [2.75, 3.05) is 36.1 Å². The van der Waals surface area contributed by atoms with Gasteiger partial charge in [-0.3, -0.25) is 0 Å². The zero-order valence-electron chi connectivity index (χ0n) is 16.6. The van der Waals surface area contributed by atoms with Gasteiger partial charge >= 0.3 is 0 Å². The molecule has 9 heteroatoms. The van der Waals surface area contributed by atoms with E-state index in [-0.39, 0.29) is 24.8 Å². The first kappa shape index (κ1) is 23.8. The Morgan fingerprint density at radius 3 is 2.66 bits per heavy atom. The van der Waals surface area contributed by atoms with Crippen LogP contribution < -0.4 is 21.3 Å². The summed E-state index contributed by atoms with van der Waals surface area (Å²) in [6.45, 7) is 2.04. The van der Waals surface area contributed by atoms with Gasteiger partial charge in [0.15, 0.2) is 0 Å². The molecule has 1 atom stereocenters. The Labute approximate surface area is 189 Å². The molecule has 2 aliphatic rings. The zero-order chi connectivity index (χ0) is 18.8. The fourth-order valence-corrected chi connectivity index (χ4v) is 4.35. The first-order valence-electron chi connectivity index (χ1n) is 9.77. The van der Waals surface area contributed by atoms with Gasteiger partial charge in [0.05, 0.1) is 5.69 Å². The Bertz CT molecular complexity index is 812. The smallest absolute Gasteiger partial charge is 0.229 e. The highest BCUT2D eigenvalue weighted by molar-refractivity contribution is 6.31. The minimum Gasteiger partial charge on any atom is -0.399 e. The second-order valence-electron chi connectivity index (χ2n) is 7.48. The van der Waals surface area contributed by atoms with E-state index in [1.807, 2.05) is 19.2 Å². The third kappa shape index (κ3) is 5.57. The summed E-state index contributed by atoms with van der Waals surface area (Å²) >= 11 is 6.14. The van der Waals surface area contributed by atoms with Crippen molar-refractivity contribution in [1.82, 2.24) is 15.3 Å². The van der Waals surface area contributed by atoms with Crippen molar-refractivity contribution >= 4 is 59.6 Å².